The Kier molecular flexibility index (Phi) is 5.54. The maximum atomic E-state index is 12.2. The summed E-state index contributed by atoms with van der Waals surface area (Å²) in [4.78, 5) is 41.7. The fourth-order valence-electron chi connectivity index (χ4n) is 2.82. The second-order valence-electron chi connectivity index (χ2n) is 5.55. The van der Waals surface area contributed by atoms with E-state index in [9.17, 15) is 14.4 Å². The van der Waals surface area contributed by atoms with E-state index in [1.54, 1.807) is 6.92 Å². The minimum atomic E-state index is -0.518. The van der Waals surface area contributed by atoms with Crippen molar-refractivity contribution in [2.24, 2.45) is 0 Å². The van der Waals surface area contributed by atoms with Crippen LogP contribution in [0.1, 0.15) is 37.4 Å². The lowest BCUT2D eigenvalue weighted by Gasteiger charge is -2.31. The quantitative estimate of drug-likeness (QED) is 0.819. The molecule has 2 rings (SSSR count). The highest BCUT2D eigenvalue weighted by Crippen LogP contribution is 2.15. The van der Waals surface area contributed by atoms with Crippen LogP contribution >= 0.6 is 0 Å². The van der Waals surface area contributed by atoms with Crippen molar-refractivity contribution in [3.8, 4) is 0 Å². The van der Waals surface area contributed by atoms with Gasteiger partial charge in [-0.2, -0.15) is 0 Å². The number of aromatic amines is 2. The Hall–Kier alpha value is -1.89. The monoisotopic (exact) mass is 309 g/mol. The molecule has 1 aromatic rings. The molecule has 1 amide bonds. The van der Waals surface area contributed by atoms with E-state index < -0.39 is 11.2 Å². The van der Waals surface area contributed by atoms with Crippen molar-refractivity contribution in [1.82, 2.24) is 14.9 Å². The lowest BCUT2D eigenvalue weighted by molar-refractivity contribution is -0.133. The van der Waals surface area contributed by atoms with E-state index in [1.807, 2.05) is 11.8 Å². The average Bonchev–Trinajstić information content (AvgIpc) is 2.47. The van der Waals surface area contributed by atoms with Gasteiger partial charge in [-0.25, -0.2) is 4.79 Å². The van der Waals surface area contributed by atoms with Crippen LogP contribution in [0.15, 0.2) is 9.59 Å². The Morgan fingerprint density at radius 3 is 2.55 bits per heavy atom. The molecule has 0 atom stereocenters. The molecule has 0 bridgehead atoms. The number of H-pyrrole nitrogens is 2. The topological polar surface area (TPSA) is 95.3 Å². The van der Waals surface area contributed by atoms with Crippen LogP contribution in [0.5, 0.6) is 0 Å². The number of piperidine rings is 1. The van der Waals surface area contributed by atoms with Gasteiger partial charge in [-0.15, -0.1) is 0 Å². The molecule has 0 unspecified atom stereocenters. The van der Waals surface area contributed by atoms with Gasteiger partial charge in [0, 0.05) is 37.4 Å². The second kappa shape index (κ2) is 7.40. The zero-order valence-corrected chi connectivity index (χ0v) is 13.1. The normalized spacial score (nSPS) is 16.0. The Balaban J connectivity index is 1.89. The summed E-state index contributed by atoms with van der Waals surface area (Å²) in [5.74, 6) is 0.0416. The largest absolute Gasteiger partial charge is 0.378 e. The molecule has 0 aliphatic carbocycles. The van der Waals surface area contributed by atoms with Gasteiger partial charge in [0.05, 0.1) is 6.10 Å². The molecule has 1 fully saturated rings. The van der Waals surface area contributed by atoms with Gasteiger partial charge in [0.1, 0.15) is 0 Å². The molecule has 22 heavy (non-hydrogen) atoms. The standard InChI is InChI=1S/C15H23N3O4/c1-3-22-11-6-8-18(9-7-11)13(19)5-4-12-10(2)16-15(21)17-14(12)20/h11H,3-9H2,1-2H3,(H2,16,17,20,21). The Bertz CT molecular complexity index is 626. The molecule has 1 aliphatic heterocycles. The summed E-state index contributed by atoms with van der Waals surface area (Å²) in [7, 11) is 0. The maximum absolute atomic E-state index is 12.2. The minimum absolute atomic E-state index is 0.0416. The fraction of sp³-hybridized carbons (Fsp3) is 0.667. The third-order valence-electron chi connectivity index (χ3n) is 4.04. The van der Waals surface area contributed by atoms with E-state index in [0.717, 1.165) is 12.8 Å². The number of carbonyl (C=O) groups is 1. The first-order valence-corrected chi connectivity index (χ1v) is 7.72. The third kappa shape index (κ3) is 4.07. The van der Waals surface area contributed by atoms with Gasteiger partial charge in [0.15, 0.2) is 0 Å². The summed E-state index contributed by atoms with van der Waals surface area (Å²) in [5.41, 5.74) is 0.0634. The molecule has 0 spiro atoms. The molecular weight excluding hydrogens is 286 g/mol. The van der Waals surface area contributed by atoms with Crippen LogP contribution < -0.4 is 11.2 Å². The van der Waals surface area contributed by atoms with Crippen LogP contribution in [0, 0.1) is 6.92 Å². The molecule has 0 saturated carbocycles. The van der Waals surface area contributed by atoms with E-state index in [-0.39, 0.29) is 18.4 Å². The highest BCUT2D eigenvalue weighted by Gasteiger charge is 2.23. The van der Waals surface area contributed by atoms with Crippen LogP contribution in [-0.4, -0.2) is 46.6 Å². The maximum Gasteiger partial charge on any atom is 0.325 e. The minimum Gasteiger partial charge on any atom is -0.378 e. The Morgan fingerprint density at radius 1 is 1.27 bits per heavy atom. The number of carbonyl (C=O) groups excluding carboxylic acids is 1. The van der Waals surface area contributed by atoms with E-state index in [4.69, 9.17) is 4.74 Å². The van der Waals surface area contributed by atoms with Crippen LogP contribution in [0.25, 0.3) is 0 Å². The van der Waals surface area contributed by atoms with Crippen LogP contribution in [0.3, 0.4) is 0 Å². The van der Waals surface area contributed by atoms with Crippen molar-refractivity contribution in [3.63, 3.8) is 0 Å². The van der Waals surface area contributed by atoms with Crippen molar-refractivity contribution in [2.45, 2.75) is 45.6 Å². The number of nitrogens with one attached hydrogen (secondary N) is 2. The van der Waals surface area contributed by atoms with Gasteiger partial charge in [0.2, 0.25) is 5.91 Å². The Labute approximate surface area is 128 Å². The van der Waals surface area contributed by atoms with E-state index in [0.29, 0.717) is 37.4 Å². The molecule has 122 valence electrons. The van der Waals surface area contributed by atoms with Gasteiger partial charge < -0.3 is 14.6 Å². The molecule has 7 nitrogen and oxygen atoms in total. The molecule has 1 aliphatic rings. The van der Waals surface area contributed by atoms with Crippen molar-refractivity contribution < 1.29 is 9.53 Å². The zero-order valence-electron chi connectivity index (χ0n) is 13.1. The summed E-state index contributed by atoms with van der Waals surface area (Å²) in [6.45, 7) is 5.74. The number of hydrogen-bond acceptors (Lipinski definition) is 4. The summed E-state index contributed by atoms with van der Waals surface area (Å²) in [6.07, 6.45) is 2.57. The molecule has 0 aromatic carbocycles. The third-order valence-corrected chi connectivity index (χ3v) is 4.04. The number of rotatable bonds is 5. The predicted molar refractivity (Wildman–Crippen MR) is 82.0 cm³/mol. The van der Waals surface area contributed by atoms with Crippen molar-refractivity contribution in [2.75, 3.05) is 19.7 Å². The number of nitrogens with zero attached hydrogens (tertiary/aromatic N) is 1. The SMILES string of the molecule is CCOC1CCN(C(=O)CCc2c(C)[nH]c(=O)[nH]c2=O)CC1. The predicted octanol–water partition coefficient (Wildman–Crippen LogP) is 0.332. The molecule has 2 heterocycles. The molecule has 7 heteroatoms. The van der Waals surface area contributed by atoms with Gasteiger partial charge in [0.25, 0.3) is 5.56 Å². The first kappa shape index (κ1) is 16.5. The van der Waals surface area contributed by atoms with E-state index in [1.165, 1.54) is 0 Å². The van der Waals surface area contributed by atoms with Crippen LogP contribution in [0.4, 0.5) is 0 Å². The number of amides is 1. The highest BCUT2D eigenvalue weighted by atomic mass is 16.5. The molecule has 1 saturated heterocycles. The first-order chi connectivity index (χ1) is 10.5. The van der Waals surface area contributed by atoms with Crippen molar-refractivity contribution in [1.29, 1.82) is 0 Å². The number of aryl methyl sites for hydroxylation is 1. The van der Waals surface area contributed by atoms with Crippen LogP contribution in [0.2, 0.25) is 0 Å². The molecular formula is C15H23N3O4. The second-order valence-corrected chi connectivity index (χ2v) is 5.55. The highest BCUT2D eigenvalue weighted by molar-refractivity contribution is 5.76. The summed E-state index contributed by atoms with van der Waals surface area (Å²) in [5, 5.41) is 0. The van der Waals surface area contributed by atoms with Gasteiger partial charge in [-0.3, -0.25) is 14.6 Å². The summed E-state index contributed by atoms with van der Waals surface area (Å²) in [6, 6.07) is 0. The van der Waals surface area contributed by atoms with Crippen molar-refractivity contribution >= 4 is 5.91 Å². The van der Waals surface area contributed by atoms with E-state index in [2.05, 4.69) is 9.97 Å². The lowest BCUT2D eigenvalue weighted by atomic mass is 10.1. The number of aromatic nitrogens is 2. The average molecular weight is 309 g/mol. The lowest BCUT2D eigenvalue weighted by Crippen LogP contribution is -2.41. The molecule has 2 N–H and O–H groups in total. The first-order valence-electron chi connectivity index (χ1n) is 7.72. The molecule has 0 radical (unpaired) electrons. The number of ether oxygens (including phenoxy) is 1. The smallest absolute Gasteiger partial charge is 0.325 e. The summed E-state index contributed by atoms with van der Waals surface area (Å²) >= 11 is 0. The zero-order chi connectivity index (χ0) is 16.1. The Morgan fingerprint density at radius 2 is 1.95 bits per heavy atom. The number of hydrogen-bond donors (Lipinski definition) is 2. The fourth-order valence-corrected chi connectivity index (χ4v) is 2.82. The number of likely N-dealkylation sites (tertiary alicyclic amines) is 1. The molecule has 1 aromatic heterocycles. The van der Waals surface area contributed by atoms with E-state index >= 15 is 0 Å². The van der Waals surface area contributed by atoms with Crippen molar-refractivity contribution in [3.05, 3.63) is 32.1 Å². The van der Waals surface area contributed by atoms with Gasteiger partial charge in [-0.05, 0) is 33.1 Å². The van der Waals surface area contributed by atoms with Crippen LogP contribution in [-0.2, 0) is 16.0 Å². The van der Waals surface area contributed by atoms with Gasteiger partial charge >= 0.3 is 5.69 Å². The summed E-state index contributed by atoms with van der Waals surface area (Å²) < 4.78 is 5.57. The van der Waals surface area contributed by atoms with Gasteiger partial charge in [-0.1, -0.05) is 0 Å².